The molecule has 0 fully saturated rings. The van der Waals surface area contributed by atoms with Crippen LogP contribution in [0.15, 0.2) is 42.6 Å². The third-order valence-electron chi connectivity index (χ3n) is 10.4. The molecule has 0 radical (unpaired) electrons. The Hall–Kier alpha value is -2.03. The molecule has 1 atom stereocenters. The lowest BCUT2D eigenvalue weighted by Gasteiger charge is -2.20. The lowest BCUT2D eigenvalue weighted by Crippen LogP contribution is -3.00. The van der Waals surface area contributed by atoms with Crippen LogP contribution in [0.3, 0.4) is 0 Å². The summed E-state index contributed by atoms with van der Waals surface area (Å²) in [6.07, 6.45) is 36.3. The van der Waals surface area contributed by atoms with Gasteiger partial charge in [-0.1, -0.05) is 174 Å². The number of aryl methyl sites for hydroxylation is 1. The van der Waals surface area contributed by atoms with Crippen molar-refractivity contribution in [3.8, 4) is 17.2 Å². The summed E-state index contributed by atoms with van der Waals surface area (Å²) >= 11 is 0. The molecule has 1 heterocycles. The van der Waals surface area contributed by atoms with Crippen molar-refractivity contribution in [1.29, 1.82) is 0 Å². The Labute approximate surface area is 343 Å². The quantitative estimate of drug-likeness (QED) is 0.0427. The van der Waals surface area contributed by atoms with Crippen LogP contribution in [0.1, 0.15) is 193 Å². The van der Waals surface area contributed by atoms with Gasteiger partial charge >= 0.3 is 0 Å². The zero-order valence-corrected chi connectivity index (χ0v) is 36.7. The van der Waals surface area contributed by atoms with Crippen LogP contribution < -0.4 is 48.1 Å². The summed E-state index contributed by atoms with van der Waals surface area (Å²) in [5.74, 6) is 1.92. The van der Waals surface area contributed by atoms with Gasteiger partial charge in [-0.3, -0.25) is 4.79 Å². The first-order valence-electron chi connectivity index (χ1n) is 21.8. The molecule has 1 unspecified atom stereocenters. The molecule has 0 aliphatic heterocycles. The molecule has 1 aromatic heterocycles. The van der Waals surface area contributed by atoms with Crippen molar-refractivity contribution in [2.75, 3.05) is 13.7 Å². The van der Waals surface area contributed by atoms with E-state index in [4.69, 9.17) is 14.2 Å². The minimum absolute atomic E-state index is 0. The number of halogens is 1. The molecule has 53 heavy (non-hydrogen) atoms. The molecular weight excluding hydrogens is 771 g/mol. The van der Waals surface area contributed by atoms with E-state index in [0.29, 0.717) is 31.1 Å². The number of aromatic nitrogens is 1. The van der Waals surface area contributed by atoms with Crippen LogP contribution in [0.5, 0.6) is 17.2 Å². The zero-order chi connectivity index (χ0) is 37.3. The van der Waals surface area contributed by atoms with Gasteiger partial charge in [0.2, 0.25) is 0 Å². The van der Waals surface area contributed by atoms with Crippen LogP contribution in [-0.2, 0) is 18.4 Å². The van der Waals surface area contributed by atoms with Crippen molar-refractivity contribution in [3.63, 3.8) is 0 Å². The van der Waals surface area contributed by atoms with E-state index in [1.54, 1.807) is 7.11 Å². The molecule has 304 valence electrons. The van der Waals surface area contributed by atoms with E-state index in [1.165, 1.54) is 148 Å². The van der Waals surface area contributed by atoms with Crippen LogP contribution in [0, 0.1) is 0 Å². The number of unbranched alkanes of at least 4 members (excludes halogenated alkanes) is 24. The van der Waals surface area contributed by atoms with Gasteiger partial charge in [-0.2, -0.15) is 0 Å². The molecule has 6 nitrogen and oxygen atoms in total. The van der Waals surface area contributed by atoms with Gasteiger partial charge in [0, 0.05) is 18.2 Å². The monoisotopic (exact) mass is 851 g/mol. The third kappa shape index (κ3) is 24.9. The molecule has 1 amide bonds. The maximum absolute atomic E-state index is 13.5. The van der Waals surface area contributed by atoms with Crippen molar-refractivity contribution in [1.82, 2.24) is 5.32 Å². The van der Waals surface area contributed by atoms with E-state index in [-0.39, 0.29) is 29.9 Å². The molecule has 0 aliphatic carbocycles. The fourth-order valence-electron chi connectivity index (χ4n) is 6.93. The number of hydrogen-bond acceptors (Lipinski definition) is 4. The first-order chi connectivity index (χ1) is 25.6. The second-order valence-electron chi connectivity index (χ2n) is 15.1. The summed E-state index contributed by atoms with van der Waals surface area (Å²) in [7, 11) is 3.66. The molecule has 2 rings (SSSR count). The molecule has 0 bridgehead atoms. The number of hydrogen-bond donors (Lipinski definition) is 1. The van der Waals surface area contributed by atoms with E-state index in [1.807, 2.05) is 54.2 Å². The van der Waals surface area contributed by atoms with Crippen molar-refractivity contribution in [2.24, 2.45) is 7.05 Å². The molecule has 1 aromatic carbocycles. The summed E-state index contributed by atoms with van der Waals surface area (Å²) in [6, 6.07) is 11.7. The number of rotatable bonds is 35. The van der Waals surface area contributed by atoms with Gasteiger partial charge in [-0.25, -0.2) is 4.57 Å². The fourth-order valence-corrected chi connectivity index (χ4v) is 6.93. The lowest BCUT2D eigenvalue weighted by molar-refractivity contribution is -0.679. The highest BCUT2D eigenvalue weighted by Crippen LogP contribution is 2.32. The molecule has 0 aliphatic rings. The Kier molecular flexibility index (Phi) is 31.9. The Morgan fingerprint density at radius 1 is 0.642 bits per heavy atom. The van der Waals surface area contributed by atoms with Gasteiger partial charge in [-0.05, 0) is 31.4 Å². The van der Waals surface area contributed by atoms with Crippen LogP contribution >= 0.6 is 0 Å². The molecule has 0 saturated heterocycles. The number of carbonyl (C=O) groups is 1. The van der Waals surface area contributed by atoms with Crippen LogP contribution in [0.2, 0.25) is 0 Å². The summed E-state index contributed by atoms with van der Waals surface area (Å²) in [4.78, 5) is 13.5. The van der Waals surface area contributed by atoms with Gasteiger partial charge in [-0.15, -0.1) is 0 Å². The van der Waals surface area contributed by atoms with Crippen molar-refractivity contribution in [3.05, 3.63) is 48.3 Å². The highest BCUT2D eigenvalue weighted by atomic mass is 127. The largest absolute Gasteiger partial charge is 1.00 e. The summed E-state index contributed by atoms with van der Waals surface area (Å²) < 4.78 is 20.2. The molecule has 1 N–H and O–H groups in total. The van der Waals surface area contributed by atoms with Crippen molar-refractivity contribution in [2.45, 2.75) is 200 Å². The second kappa shape index (κ2) is 34.5. The topological polar surface area (TPSA) is 60.7 Å². The Morgan fingerprint density at radius 2 is 1.13 bits per heavy atom. The SMILES string of the molecule is CCCCCCCCCCCCCCCCC(Oc1ccc(OCCCCCCCCCCCCCC)c(OC)c1)C(=O)NCc1cccc[n+]1C.[I-]. The van der Waals surface area contributed by atoms with Gasteiger partial charge in [0.15, 0.2) is 29.5 Å². The number of amides is 1. The normalized spacial score (nSPS) is 11.5. The van der Waals surface area contributed by atoms with Gasteiger partial charge in [0.1, 0.15) is 19.3 Å². The first-order valence-corrected chi connectivity index (χ1v) is 21.8. The predicted octanol–water partition coefficient (Wildman–Crippen LogP) is 9.54. The third-order valence-corrected chi connectivity index (χ3v) is 10.4. The average molecular weight is 851 g/mol. The first kappa shape index (κ1) is 49.0. The minimum Gasteiger partial charge on any atom is -1.00 e. The van der Waals surface area contributed by atoms with Crippen LogP contribution in [0.25, 0.3) is 0 Å². The number of nitrogens with zero attached hydrogens (tertiary/aromatic N) is 1. The Balaban J connectivity index is 0.0000140. The summed E-state index contributed by atoms with van der Waals surface area (Å²) in [5.41, 5.74) is 1.04. The predicted molar refractivity (Wildman–Crippen MR) is 218 cm³/mol. The van der Waals surface area contributed by atoms with Gasteiger partial charge in [0.25, 0.3) is 5.91 Å². The van der Waals surface area contributed by atoms with Gasteiger partial charge in [0.05, 0.1) is 13.7 Å². The van der Waals surface area contributed by atoms with Crippen molar-refractivity contribution >= 4 is 5.91 Å². The highest BCUT2D eigenvalue weighted by Gasteiger charge is 2.22. The Bertz CT molecular complexity index is 1150. The van der Waals surface area contributed by atoms with E-state index in [2.05, 4.69) is 19.2 Å². The number of benzene rings is 1. The fraction of sp³-hybridized carbons (Fsp3) is 0.739. The van der Waals surface area contributed by atoms with Crippen LogP contribution in [-0.4, -0.2) is 25.7 Å². The van der Waals surface area contributed by atoms with Gasteiger partial charge < -0.3 is 43.5 Å². The average Bonchev–Trinajstić information content (AvgIpc) is 3.16. The highest BCUT2D eigenvalue weighted by molar-refractivity contribution is 5.81. The molecule has 0 spiro atoms. The number of pyridine rings is 1. The lowest BCUT2D eigenvalue weighted by atomic mass is 10.0. The van der Waals surface area contributed by atoms with E-state index in [9.17, 15) is 4.79 Å². The van der Waals surface area contributed by atoms with E-state index < -0.39 is 6.10 Å². The van der Waals surface area contributed by atoms with Crippen molar-refractivity contribution < 1.29 is 47.5 Å². The molecule has 2 aromatic rings. The second-order valence-corrected chi connectivity index (χ2v) is 15.1. The molecule has 7 heteroatoms. The molecular formula is C46H79IN2O4. The standard InChI is InChI=1S/C46H78N2O4.HI/c1-5-7-9-11-13-15-17-19-20-21-23-25-27-29-34-44(46(49)47-40-41-33-30-31-37-48(41)3)52-42-35-36-43(45(39-42)50-4)51-38-32-28-26-24-22-18-16-14-12-10-8-6-2;/h30-31,33,35-37,39,44H,5-29,32,34,38,40H2,1-4H3;1H. The Morgan fingerprint density at radius 3 is 1.62 bits per heavy atom. The number of carbonyl (C=O) groups excluding carboxylic acids is 1. The zero-order valence-electron chi connectivity index (χ0n) is 34.6. The number of nitrogens with one attached hydrogen (secondary N) is 1. The number of methoxy groups -OCH3 is 1. The van der Waals surface area contributed by atoms with E-state index >= 15 is 0 Å². The smallest absolute Gasteiger partial charge is 0.261 e. The maximum atomic E-state index is 13.5. The minimum atomic E-state index is -0.566. The van der Waals surface area contributed by atoms with E-state index in [0.717, 1.165) is 30.7 Å². The van der Waals surface area contributed by atoms with Crippen LogP contribution in [0.4, 0.5) is 0 Å². The number of ether oxygens (including phenoxy) is 3. The summed E-state index contributed by atoms with van der Waals surface area (Å²) in [5, 5.41) is 3.13. The maximum Gasteiger partial charge on any atom is 0.261 e. The molecule has 0 saturated carbocycles. The summed E-state index contributed by atoms with van der Waals surface area (Å²) in [6.45, 7) is 5.70.